The number of carbonyl (C=O) groups is 4. The van der Waals surface area contributed by atoms with Crippen LogP contribution in [-0.2, 0) is 38.1 Å². The minimum Gasteiger partial charge on any atom is -0.468 e. The van der Waals surface area contributed by atoms with Crippen LogP contribution in [0.1, 0.15) is 55.4 Å². The van der Waals surface area contributed by atoms with E-state index in [4.69, 9.17) is 18.9 Å². The Morgan fingerprint density at radius 2 is 0.600 bits per heavy atom. The molecule has 0 unspecified atom stereocenters. The number of hydrogen-bond acceptors (Lipinski definition) is 12. The van der Waals surface area contributed by atoms with Crippen LogP contribution in [0.3, 0.4) is 0 Å². The fraction of sp³-hybridized carbons (Fsp3) is 0.857. The number of methoxy groups -OCH3 is 4. The van der Waals surface area contributed by atoms with Crippen molar-refractivity contribution in [3.63, 3.8) is 0 Å². The molecule has 12 heteroatoms. The molecule has 0 N–H and O–H groups in total. The fourth-order valence-corrected chi connectivity index (χ4v) is 5.74. The summed E-state index contributed by atoms with van der Waals surface area (Å²) < 4.78 is 20.3. The van der Waals surface area contributed by atoms with Gasteiger partial charge in [0, 0.05) is 50.3 Å². The zero-order valence-electron chi connectivity index (χ0n) is 26.5. The number of ether oxygens (including phenoxy) is 4. The summed E-state index contributed by atoms with van der Waals surface area (Å²) in [7, 11) is 5.45. The van der Waals surface area contributed by atoms with Gasteiger partial charge in [0.1, 0.15) is 24.2 Å². The van der Waals surface area contributed by atoms with Crippen molar-refractivity contribution in [2.45, 2.75) is 104 Å². The zero-order chi connectivity index (χ0) is 30.9. The third-order valence-electron chi connectivity index (χ3n) is 8.32. The molecule has 0 bridgehead atoms. The summed E-state index contributed by atoms with van der Waals surface area (Å²) in [5.74, 6) is -1.48. The first-order valence-corrected chi connectivity index (χ1v) is 14.0. The number of rotatable bonds is 8. The Balaban J connectivity index is 3.73. The van der Waals surface area contributed by atoms with Crippen LogP contribution in [0.2, 0.25) is 0 Å². The van der Waals surface area contributed by atoms with Crippen molar-refractivity contribution in [3.8, 4) is 0 Å². The van der Waals surface area contributed by atoms with E-state index < -0.39 is 24.2 Å². The summed E-state index contributed by atoms with van der Waals surface area (Å²) in [6.45, 7) is 17.0. The number of hydrogen-bond donors (Lipinski definition) is 0. The molecule has 0 spiro atoms. The van der Waals surface area contributed by atoms with Crippen LogP contribution in [0, 0.1) is 0 Å². The van der Waals surface area contributed by atoms with Gasteiger partial charge in [0.25, 0.3) is 0 Å². The molecule has 1 aliphatic heterocycles. The van der Waals surface area contributed by atoms with Crippen molar-refractivity contribution in [2.75, 3.05) is 54.6 Å². The lowest BCUT2D eigenvalue weighted by Gasteiger charge is -2.47. The first-order chi connectivity index (χ1) is 18.7. The molecule has 1 aliphatic rings. The molecule has 12 nitrogen and oxygen atoms in total. The zero-order valence-corrected chi connectivity index (χ0v) is 26.5. The lowest BCUT2D eigenvalue weighted by atomic mass is 10.0. The molecular formula is C28H52N4O8. The van der Waals surface area contributed by atoms with Crippen LogP contribution in [0.15, 0.2) is 0 Å². The molecule has 232 valence electrons. The lowest BCUT2D eigenvalue weighted by molar-refractivity contribution is -0.154. The Morgan fingerprint density at radius 3 is 0.725 bits per heavy atom. The highest BCUT2D eigenvalue weighted by Crippen LogP contribution is 2.22. The van der Waals surface area contributed by atoms with E-state index in [0.717, 1.165) is 0 Å². The van der Waals surface area contributed by atoms with E-state index in [1.807, 2.05) is 27.7 Å². The van der Waals surface area contributed by atoms with Crippen LogP contribution >= 0.6 is 0 Å². The van der Waals surface area contributed by atoms with Gasteiger partial charge < -0.3 is 18.9 Å². The standard InChI is InChI=1S/C28H52N4O8/c1-17-13-30(22(6)26(34)38-10)19(3)15-32(24(8)28(36)40-12)20(4)16-31(23(7)27(35)39-11)18(2)14-29(17)21(5)25(33)37-9/h17-24H,13-16H2,1-12H3/t17-,18-,19-,20-,21+,22+,23+,24+/m0/s1. The van der Waals surface area contributed by atoms with Gasteiger partial charge in [0.2, 0.25) is 0 Å². The molecule has 0 saturated carbocycles. The van der Waals surface area contributed by atoms with Crippen LogP contribution in [-0.4, -0.2) is 146 Å². The summed E-state index contributed by atoms with van der Waals surface area (Å²) in [6.07, 6.45) is 0. The minimum absolute atomic E-state index is 0.190. The van der Waals surface area contributed by atoms with Crippen molar-refractivity contribution in [1.82, 2.24) is 19.6 Å². The Hall–Kier alpha value is -2.28. The fourth-order valence-electron chi connectivity index (χ4n) is 5.74. The normalized spacial score (nSPS) is 27.7. The predicted molar refractivity (Wildman–Crippen MR) is 151 cm³/mol. The second-order valence-electron chi connectivity index (χ2n) is 11.0. The molecule has 0 amide bonds. The van der Waals surface area contributed by atoms with E-state index in [2.05, 4.69) is 19.6 Å². The summed E-state index contributed by atoms with van der Waals surface area (Å²) in [4.78, 5) is 59.1. The molecule has 40 heavy (non-hydrogen) atoms. The molecule has 0 aliphatic carbocycles. The smallest absolute Gasteiger partial charge is 0.322 e. The number of esters is 4. The Bertz CT molecular complexity index is 722. The first-order valence-electron chi connectivity index (χ1n) is 14.0. The van der Waals surface area contributed by atoms with E-state index in [1.165, 1.54) is 28.4 Å². The highest BCUT2D eigenvalue weighted by molar-refractivity contribution is 5.76. The number of nitrogens with zero attached hydrogens (tertiary/aromatic N) is 4. The molecule has 1 heterocycles. The minimum atomic E-state index is -0.570. The van der Waals surface area contributed by atoms with Gasteiger partial charge in [-0.1, -0.05) is 0 Å². The maximum absolute atomic E-state index is 12.7. The molecule has 0 aromatic carbocycles. The third-order valence-corrected chi connectivity index (χ3v) is 8.32. The van der Waals surface area contributed by atoms with Gasteiger partial charge in [0.15, 0.2) is 0 Å². The summed E-state index contributed by atoms with van der Waals surface area (Å²) >= 11 is 0. The van der Waals surface area contributed by atoms with Crippen LogP contribution in [0.4, 0.5) is 0 Å². The van der Waals surface area contributed by atoms with Crippen LogP contribution in [0.5, 0.6) is 0 Å². The maximum Gasteiger partial charge on any atom is 0.322 e. The van der Waals surface area contributed by atoms with Gasteiger partial charge >= 0.3 is 23.9 Å². The van der Waals surface area contributed by atoms with E-state index >= 15 is 0 Å². The molecule has 0 radical (unpaired) electrons. The van der Waals surface area contributed by atoms with Crippen molar-refractivity contribution in [2.24, 2.45) is 0 Å². The van der Waals surface area contributed by atoms with E-state index in [0.29, 0.717) is 26.2 Å². The van der Waals surface area contributed by atoms with Gasteiger partial charge in [0.05, 0.1) is 28.4 Å². The topological polar surface area (TPSA) is 118 Å². The van der Waals surface area contributed by atoms with E-state index in [-0.39, 0.29) is 48.0 Å². The van der Waals surface area contributed by atoms with E-state index in [9.17, 15) is 19.2 Å². The summed E-state index contributed by atoms with van der Waals surface area (Å²) in [5.41, 5.74) is 0. The van der Waals surface area contributed by atoms with Gasteiger partial charge in [-0.2, -0.15) is 0 Å². The molecule has 0 aromatic rings. The highest BCUT2D eigenvalue weighted by Gasteiger charge is 2.39. The van der Waals surface area contributed by atoms with Crippen molar-refractivity contribution in [3.05, 3.63) is 0 Å². The average molecular weight is 573 g/mol. The third kappa shape index (κ3) is 8.86. The van der Waals surface area contributed by atoms with Gasteiger partial charge in [-0.3, -0.25) is 38.8 Å². The first kappa shape index (κ1) is 35.7. The van der Waals surface area contributed by atoms with Gasteiger partial charge in [-0.25, -0.2) is 0 Å². The summed E-state index contributed by atoms with van der Waals surface area (Å²) in [6, 6.07) is -3.04. The van der Waals surface area contributed by atoms with E-state index in [1.54, 1.807) is 27.7 Å². The highest BCUT2D eigenvalue weighted by atomic mass is 16.5. The van der Waals surface area contributed by atoms with Crippen LogP contribution in [0.25, 0.3) is 0 Å². The van der Waals surface area contributed by atoms with Crippen molar-refractivity contribution >= 4 is 23.9 Å². The van der Waals surface area contributed by atoms with Crippen molar-refractivity contribution < 1.29 is 38.1 Å². The monoisotopic (exact) mass is 572 g/mol. The van der Waals surface area contributed by atoms with Crippen molar-refractivity contribution in [1.29, 1.82) is 0 Å². The second-order valence-corrected chi connectivity index (χ2v) is 11.0. The molecule has 1 fully saturated rings. The SMILES string of the molecule is COC(=O)[C@@H](C)N1C[C@H](C)N([C@H](C)C(=O)OC)C[C@H](C)N([C@H](C)C(=O)OC)C[C@H](C)N([C@H](C)C(=O)OC)C[C@@H]1C. The molecule has 0 aromatic heterocycles. The summed E-state index contributed by atoms with van der Waals surface area (Å²) in [5, 5.41) is 0. The second kappa shape index (κ2) is 16.2. The quantitative estimate of drug-likeness (QED) is 0.305. The average Bonchev–Trinajstić information content (AvgIpc) is 2.95. The van der Waals surface area contributed by atoms with Gasteiger partial charge in [-0.15, -0.1) is 0 Å². The Labute approximate surface area is 240 Å². The van der Waals surface area contributed by atoms with Crippen LogP contribution < -0.4 is 0 Å². The Kier molecular flexibility index (Phi) is 14.5. The maximum atomic E-state index is 12.7. The Morgan fingerprint density at radius 1 is 0.450 bits per heavy atom. The predicted octanol–water partition coefficient (Wildman–Crippen LogP) is 1.01. The molecule has 8 atom stereocenters. The lowest BCUT2D eigenvalue weighted by Crippen LogP contribution is -2.62. The largest absolute Gasteiger partial charge is 0.468 e. The van der Waals surface area contributed by atoms with Gasteiger partial charge in [-0.05, 0) is 55.4 Å². The molecular weight excluding hydrogens is 520 g/mol. The molecule has 1 rings (SSSR count). The number of carbonyl (C=O) groups excluding carboxylic acids is 4. The molecule has 1 saturated heterocycles.